The van der Waals surface area contributed by atoms with Gasteiger partial charge in [-0.3, -0.25) is 4.79 Å². The average Bonchev–Trinajstić information content (AvgIpc) is 2.35. The summed E-state index contributed by atoms with van der Waals surface area (Å²) in [6.07, 6.45) is 1.80. The van der Waals surface area contributed by atoms with Gasteiger partial charge >= 0.3 is 12.0 Å². The standard InChI is InChI=1S/C12H23N3O4/c1-3-8(4-2)7-14-12(19)15-9(11(17)18)5-6-10(13)16/h8-9H,3-7H2,1-2H3,(H2,13,16)(H,17,18)(H2,14,15,19). The first-order valence-corrected chi connectivity index (χ1v) is 6.46. The van der Waals surface area contributed by atoms with Gasteiger partial charge in [0.15, 0.2) is 0 Å². The minimum Gasteiger partial charge on any atom is -0.480 e. The van der Waals surface area contributed by atoms with Crippen LogP contribution < -0.4 is 16.4 Å². The third-order valence-electron chi connectivity index (χ3n) is 2.99. The number of carboxylic acid groups (broad SMARTS) is 1. The zero-order chi connectivity index (χ0) is 14.8. The van der Waals surface area contributed by atoms with E-state index in [0.717, 1.165) is 12.8 Å². The summed E-state index contributed by atoms with van der Waals surface area (Å²) in [5.74, 6) is -1.40. The predicted molar refractivity (Wildman–Crippen MR) is 70.5 cm³/mol. The molecule has 1 unspecified atom stereocenters. The molecule has 0 aliphatic carbocycles. The largest absolute Gasteiger partial charge is 0.480 e. The Labute approximate surface area is 112 Å². The smallest absolute Gasteiger partial charge is 0.326 e. The van der Waals surface area contributed by atoms with Gasteiger partial charge in [-0.05, 0) is 12.3 Å². The number of rotatable bonds is 9. The Morgan fingerprint density at radius 3 is 2.21 bits per heavy atom. The van der Waals surface area contributed by atoms with Gasteiger partial charge in [0.1, 0.15) is 6.04 Å². The molecule has 19 heavy (non-hydrogen) atoms. The summed E-state index contributed by atoms with van der Waals surface area (Å²) in [6, 6.07) is -1.64. The van der Waals surface area contributed by atoms with Crippen molar-refractivity contribution >= 4 is 17.9 Å². The zero-order valence-electron chi connectivity index (χ0n) is 11.4. The van der Waals surface area contributed by atoms with Crippen molar-refractivity contribution in [1.29, 1.82) is 0 Å². The zero-order valence-corrected chi connectivity index (χ0v) is 11.4. The van der Waals surface area contributed by atoms with E-state index in [0.29, 0.717) is 12.5 Å². The molecule has 0 bridgehead atoms. The summed E-state index contributed by atoms with van der Waals surface area (Å²) in [4.78, 5) is 33.0. The van der Waals surface area contributed by atoms with Crippen molar-refractivity contribution in [1.82, 2.24) is 10.6 Å². The molecule has 0 spiro atoms. The van der Waals surface area contributed by atoms with E-state index in [4.69, 9.17) is 10.8 Å². The molecular formula is C12H23N3O4. The van der Waals surface area contributed by atoms with Crippen LogP contribution in [-0.4, -0.2) is 35.6 Å². The predicted octanol–water partition coefficient (Wildman–Crippen LogP) is 0.441. The van der Waals surface area contributed by atoms with Crippen LogP contribution in [0.5, 0.6) is 0 Å². The van der Waals surface area contributed by atoms with Gasteiger partial charge in [0.05, 0.1) is 0 Å². The van der Waals surface area contributed by atoms with E-state index >= 15 is 0 Å². The summed E-state index contributed by atoms with van der Waals surface area (Å²) in [5.41, 5.74) is 4.95. The van der Waals surface area contributed by atoms with Gasteiger partial charge in [0.2, 0.25) is 5.91 Å². The SMILES string of the molecule is CCC(CC)CNC(=O)NC(CCC(N)=O)C(=O)O. The van der Waals surface area contributed by atoms with Crippen LogP contribution in [0.25, 0.3) is 0 Å². The highest BCUT2D eigenvalue weighted by Crippen LogP contribution is 2.05. The second-order valence-electron chi connectivity index (χ2n) is 4.43. The summed E-state index contributed by atoms with van der Waals surface area (Å²) in [7, 11) is 0. The summed E-state index contributed by atoms with van der Waals surface area (Å²) in [5, 5.41) is 13.9. The quantitative estimate of drug-likeness (QED) is 0.487. The highest BCUT2D eigenvalue weighted by Gasteiger charge is 2.20. The second kappa shape index (κ2) is 9.18. The molecule has 0 radical (unpaired) electrons. The Bertz CT molecular complexity index is 316. The normalized spacial score (nSPS) is 11.9. The number of hydrogen-bond acceptors (Lipinski definition) is 3. The lowest BCUT2D eigenvalue weighted by Crippen LogP contribution is -2.47. The van der Waals surface area contributed by atoms with Gasteiger partial charge in [-0.2, -0.15) is 0 Å². The van der Waals surface area contributed by atoms with Gasteiger partial charge in [-0.25, -0.2) is 9.59 Å². The van der Waals surface area contributed by atoms with Crippen LogP contribution in [0.15, 0.2) is 0 Å². The van der Waals surface area contributed by atoms with Crippen LogP contribution in [0.2, 0.25) is 0 Å². The molecule has 1 atom stereocenters. The number of hydrogen-bond donors (Lipinski definition) is 4. The highest BCUT2D eigenvalue weighted by molar-refractivity contribution is 5.83. The van der Waals surface area contributed by atoms with Gasteiger partial charge in [-0.15, -0.1) is 0 Å². The molecule has 0 aliphatic rings. The monoisotopic (exact) mass is 273 g/mol. The molecule has 0 saturated carbocycles. The number of carboxylic acids is 1. The molecule has 0 aliphatic heterocycles. The van der Waals surface area contributed by atoms with Gasteiger partial charge < -0.3 is 21.5 Å². The molecule has 110 valence electrons. The number of nitrogens with one attached hydrogen (secondary N) is 2. The molecule has 7 nitrogen and oxygen atoms in total. The maximum absolute atomic E-state index is 11.5. The van der Waals surface area contributed by atoms with Crippen molar-refractivity contribution in [2.24, 2.45) is 11.7 Å². The van der Waals surface area contributed by atoms with Crippen LogP contribution in [0, 0.1) is 5.92 Å². The number of nitrogens with two attached hydrogens (primary N) is 1. The lowest BCUT2D eigenvalue weighted by atomic mass is 10.0. The Kier molecular flexibility index (Phi) is 8.32. The van der Waals surface area contributed by atoms with Gasteiger partial charge in [0, 0.05) is 13.0 Å². The van der Waals surface area contributed by atoms with Gasteiger partial charge in [0.25, 0.3) is 0 Å². The van der Waals surface area contributed by atoms with E-state index in [9.17, 15) is 14.4 Å². The number of carbonyl (C=O) groups excluding carboxylic acids is 2. The van der Waals surface area contributed by atoms with Crippen LogP contribution in [0.3, 0.4) is 0 Å². The molecule has 5 N–H and O–H groups in total. The summed E-state index contributed by atoms with van der Waals surface area (Å²) < 4.78 is 0. The third-order valence-corrected chi connectivity index (χ3v) is 2.99. The number of aliphatic carboxylic acids is 1. The lowest BCUT2D eigenvalue weighted by Gasteiger charge is -2.17. The first kappa shape index (κ1) is 17.2. The van der Waals surface area contributed by atoms with Crippen molar-refractivity contribution < 1.29 is 19.5 Å². The molecule has 0 aromatic carbocycles. The number of carbonyl (C=O) groups is 3. The fourth-order valence-corrected chi connectivity index (χ4v) is 1.57. The van der Waals surface area contributed by atoms with E-state index in [-0.39, 0.29) is 12.8 Å². The van der Waals surface area contributed by atoms with Crippen molar-refractivity contribution in [3.63, 3.8) is 0 Å². The Balaban J connectivity index is 4.16. The van der Waals surface area contributed by atoms with Crippen LogP contribution in [0.4, 0.5) is 4.79 Å². The Morgan fingerprint density at radius 2 is 1.79 bits per heavy atom. The summed E-state index contributed by atoms with van der Waals surface area (Å²) in [6.45, 7) is 4.56. The van der Waals surface area contributed by atoms with Crippen LogP contribution in [-0.2, 0) is 9.59 Å². The van der Waals surface area contributed by atoms with Crippen molar-refractivity contribution in [2.45, 2.75) is 45.6 Å². The third kappa shape index (κ3) is 8.01. The van der Waals surface area contributed by atoms with E-state index in [2.05, 4.69) is 10.6 Å². The van der Waals surface area contributed by atoms with Crippen molar-refractivity contribution in [2.75, 3.05) is 6.54 Å². The van der Waals surface area contributed by atoms with E-state index in [1.54, 1.807) is 0 Å². The minimum atomic E-state index is -1.18. The second-order valence-corrected chi connectivity index (χ2v) is 4.43. The van der Waals surface area contributed by atoms with Crippen molar-refractivity contribution in [3.8, 4) is 0 Å². The number of urea groups is 1. The minimum absolute atomic E-state index is 0.0108. The Morgan fingerprint density at radius 1 is 1.21 bits per heavy atom. The lowest BCUT2D eigenvalue weighted by molar-refractivity contribution is -0.139. The first-order valence-electron chi connectivity index (χ1n) is 6.46. The highest BCUT2D eigenvalue weighted by atomic mass is 16.4. The molecule has 0 saturated heterocycles. The molecule has 0 aromatic rings. The first-order chi connectivity index (χ1) is 8.90. The van der Waals surface area contributed by atoms with E-state index in [1.165, 1.54) is 0 Å². The number of amides is 3. The Hall–Kier alpha value is -1.79. The maximum Gasteiger partial charge on any atom is 0.326 e. The van der Waals surface area contributed by atoms with E-state index in [1.807, 2.05) is 13.8 Å². The topological polar surface area (TPSA) is 122 Å². The molecule has 3 amide bonds. The molecular weight excluding hydrogens is 250 g/mol. The molecule has 0 rings (SSSR count). The fraction of sp³-hybridized carbons (Fsp3) is 0.750. The number of primary amides is 1. The van der Waals surface area contributed by atoms with Crippen LogP contribution >= 0.6 is 0 Å². The summed E-state index contributed by atoms with van der Waals surface area (Å²) >= 11 is 0. The van der Waals surface area contributed by atoms with Crippen molar-refractivity contribution in [3.05, 3.63) is 0 Å². The maximum atomic E-state index is 11.5. The molecule has 0 heterocycles. The van der Waals surface area contributed by atoms with Gasteiger partial charge in [-0.1, -0.05) is 26.7 Å². The average molecular weight is 273 g/mol. The van der Waals surface area contributed by atoms with E-state index < -0.39 is 23.9 Å². The molecule has 0 fully saturated rings. The fourth-order valence-electron chi connectivity index (χ4n) is 1.57. The molecule has 0 aromatic heterocycles. The molecule has 7 heteroatoms. The van der Waals surface area contributed by atoms with Crippen LogP contribution in [0.1, 0.15) is 39.5 Å².